The molecule has 0 aliphatic heterocycles. The van der Waals surface area contributed by atoms with Crippen molar-refractivity contribution in [2.45, 2.75) is 23.5 Å². The molecule has 0 heterocycles. The summed E-state index contributed by atoms with van der Waals surface area (Å²) in [6, 6.07) is 0. The maximum atomic E-state index is 7.40. The molecule has 0 amide bonds. The monoisotopic (exact) mass is 156 g/mol. The smallest absolute Gasteiger partial charge is 0.0517 e. The van der Waals surface area contributed by atoms with Crippen LogP contribution in [0.5, 0.6) is 0 Å². The van der Waals surface area contributed by atoms with E-state index in [1.54, 1.807) is 0 Å². The van der Waals surface area contributed by atoms with Gasteiger partial charge in [-0.2, -0.15) is 0 Å². The SMILES string of the molecule is [2H]C1(Cl)C=CC([2H])(Cl)C([2H])([2H])C1([2H])[2H]. The van der Waals surface area contributed by atoms with Gasteiger partial charge in [-0.3, -0.25) is 0 Å². The Morgan fingerprint density at radius 1 is 1.38 bits per heavy atom. The molecule has 2 unspecified atom stereocenters. The van der Waals surface area contributed by atoms with E-state index in [0.717, 1.165) is 12.2 Å². The Labute approximate surface area is 67.9 Å². The summed E-state index contributed by atoms with van der Waals surface area (Å²) in [7, 11) is 0. The van der Waals surface area contributed by atoms with Gasteiger partial charge in [-0.1, -0.05) is 12.2 Å². The van der Waals surface area contributed by atoms with Crippen LogP contribution in [0.2, 0.25) is 0 Å². The predicted octanol–water partition coefficient (Wildman–Crippen LogP) is 2.55. The Kier molecular flexibility index (Phi) is 0.746. The summed E-state index contributed by atoms with van der Waals surface area (Å²) in [6.45, 7) is 0. The van der Waals surface area contributed by atoms with Crippen molar-refractivity contribution in [3.63, 3.8) is 0 Å². The van der Waals surface area contributed by atoms with E-state index in [-0.39, 0.29) is 0 Å². The minimum atomic E-state index is -2.74. The summed E-state index contributed by atoms with van der Waals surface area (Å²) >= 11 is 11.0. The first-order chi connectivity index (χ1) is 5.96. The number of hydrogen-bond acceptors (Lipinski definition) is 0. The second-order valence-corrected chi connectivity index (χ2v) is 2.09. The molecule has 0 spiro atoms. The summed E-state index contributed by atoms with van der Waals surface area (Å²) in [5.74, 6) is 0. The van der Waals surface area contributed by atoms with Gasteiger partial charge in [-0.15, -0.1) is 23.2 Å². The fraction of sp³-hybridized carbons (Fsp3) is 0.667. The topological polar surface area (TPSA) is 0 Å². The first-order valence-corrected chi connectivity index (χ1v) is 2.79. The third kappa shape index (κ3) is 1.68. The lowest BCUT2D eigenvalue weighted by Gasteiger charge is -2.12. The van der Waals surface area contributed by atoms with E-state index < -0.39 is 23.5 Å². The minimum absolute atomic E-state index is 0.899. The van der Waals surface area contributed by atoms with Crippen molar-refractivity contribution in [2.75, 3.05) is 0 Å². The van der Waals surface area contributed by atoms with Gasteiger partial charge < -0.3 is 0 Å². The number of alkyl halides is 2. The second kappa shape index (κ2) is 2.75. The predicted molar refractivity (Wildman–Crippen MR) is 37.7 cm³/mol. The zero-order valence-corrected chi connectivity index (χ0v) is 5.42. The molecule has 0 aromatic rings. The number of allylic oxidation sites excluding steroid dienone is 2. The maximum Gasteiger partial charge on any atom is 0.0517 e. The molecule has 0 aromatic heterocycles. The molecular formula is C6H8Cl2. The zero-order valence-electron chi connectivity index (χ0n) is 9.91. The molecule has 1 aliphatic carbocycles. The van der Waals surface area contributed by atoms with E-state index in [1.165, 1.54) is 0 Å². The molecule has 8 heavy (non-hydrogen) atoms. The molecule has 0 saturated heterocycles. The minimum Gasteiger partial charge on any atom is -0.118 e. The Hall–Kier alpha value is 0.320. The Morgan fingerprint density at radius 3 is 2.12 bits per heavy atom. The fourth-order valence-electron chi connectivity index (χ4n) is 0.349. The van der Waals surface area contributed by atoms with Crippen LogP contribution in [-0.2, 0) is 0 Å². The highest BCUT2D eigenvalue weighted by Gasteiger charge is 2.09. The molecule has 2 heteroatoms. The second-order valence-electron chi connectivity index (χ2n) is 1.28. The van der Waals surface area contributed by atoms with Crippen molar-refractivity contribution in [1.82, 2.24) is 0 Å². The number of hydrogen-bond donors (Lipinski definition) is 0. The lowest BCUT2D eigenvalue weighted by Crippen LogP contribution is -2.06. The molecule has 0 saturated carbocycles. The first kappa shape index (κ1) is 2.17. The number of rotatable bonds is 0. The highest BCUT2D eigenvalue weighted by Crippen LogP contribution is 2.19. The largest absolute Gasteiger partial charge is 0.118 e. The van der Waals surface area contributed by atoms with Crippen molar-refractivity contribution in [3.8, 4) is 0 Å². The van der Waals surface area contributed by atoms with E-state index in [1.807, 2.05) is 0 Å². The van der Waals surface area contributed by atoms with Crippen LogP contribution in [0.1, 0.15) is 21.0 Å². The third-order valence-corrected chi connectivity index (χ3v) is 1.12. The van der Waals surface area contributed by atoms with Gasteiger partial charge in [0.1, 0.15) is 0 Å². The molecule has 0 N–H and O–H groups in total. The van der Waals surface area contributed by atoms with Crippen LogP contribution < -0.4 is 0 Å². The van der Waals surface area contributed by atoms with Gasteiger partial charge >= 0.3 is 0 Å². The van der Waals surface area contributed by atoms with Crippen LogP contribution in [0.4, 0.5) is 0 Å². The molecular weight excluding hydrogens is 143 g/mol. The average Bonchev–Trinajstić information content (AvgIpc) is 1.98. The van der Waals surface area contributed by atoms with E-state index in [2.05, 4.69) is 0 Å². The van der Waals surface area contributed by atoms with Crippen molar-refractivity contribution in [3.05, 3.63) is 12.2 Å². The summed E-state index contributed by atoms with van der Waals surface area (Å²) in [5.41, 5.74) is 0. The molecule has 0 nitrogen and oxygen atoms in total. The molecule has 0 fully saturated rings. The highest BCUT2D eigenvalue weighted by molar-refractivity contribution is 6.24. The van der Waals surface area contributed by atoms with E-state index in [4.69, 9.17) is 31.4 Å². The van der Waals surface area contributed by atoms with Gasteiger partial charge in [-0.05, 0) is 12.7 Å². The molecule has 46 valence electrons. The zero-order chi connectivity index (χ0) is 11.4. The van der Waals surface area contributed by atoms with Crippen molar-refractivity contribution >= 4 is 23.2 Å². The fourth-order valence-corrected chi connectivity index (χ4v) is 0.570. The van der Waals surface area contributed by atoms with Crippen molar-refractivity contribution < 1.29 is 8.22 Å². The van der Waals surface area contributed by atoms with Gasteiger partial charge in [0.2, 0.25) is 0 Å². The van der Waals surface area contributed by atoms with Gasteiger partial charge in [0.15, 0.2) is 0 Å². The lowest BCUT2D eigenvalue weighted by atomic mass is 10.1. The van der Waals surface area contributed by atoms with Crippen LogP contribution in [0, 0.1) is 0 Å². The van der Waals surface area contributed by atoms with Gasteiger partial charge in [0.05, 0.1) is 13.4 Å². The lowest BCUT2D eigenvalue weighted by molar-refractivity contribution is 0.741. The average molecular weight is 157 g/mol. The standard InChI is InChI=1S/C6H8Cl2/c7-5-1-2-6(8)4-3-5/h1-2,5-6H,3-4H2/i3D2,4D2,5D,6D. The number of halogens is 2. The molecule has 0 aromatic carbocycles. The van der Waals surface area contributed by atoms with Gasteiger partial charge in [-0.25, -0.2) is 0 Å². The van der Waals surface area contributed by atoms with Crippen LogP contribution in [0.3, 0.4) is 0 Å². The van der Waals surface area contributed by atoms with Crippen molar-refractivity contribution in [1.29, 1.82) is 0 Å². The van der Waals surface area contributed by atoms with E-state index >= 15 is 0 Å². The summed E-state index contributed by atoms with van der Waals surface area (Å²) in [4.78, 5) is 0. The normalized spacial score (nSPS) is 79.8. The molecule has 1 rings (SSSR count). The van der Waals surface area contributed by atoms with Crippen LogP contribution >= 0.6 is 23.2 Å². The third-order valence-electron chi connectivity index (χ3n) is 0.677. The summed E-state index contributed by atoms with van der Waals surface area (Å²) in [6.07, 6.45) is -3.68. The highest BCUT2D eigenvalue weighted by atomic mass is 35.5. The van der Waals surface area contributed by atoms with Gasteiger partial charge in [0, 0.05) is 5.48 Å². The molecule has 0 bridgehead atoms. The molecule has 0 radical (unpaired) electrons. The Morgan fingerprint density at radius 2 is 1.75 bits per heavy atom. The van der Waals surface area contributed by atoms with E-state index in [9.17, 15) is 0 Å². The Bertz CT molecular complexity index is 254. The van der Waals surface area contributed by atoms with Crippen LogP contribution in [0.15, 0.2) is 12.2 Å². The quantitative estimate of drug-likeness (QED) is 0.374. The van der Waals surface area contributed by atoms with Gasteiger partial charge in [0.25, 0.3) is 0 Å². The van der Waals surface area contributed by atoms with Crippen molar-refractivity contribution in [2.24, 2.45) is 0 Å². The Balaban J connectivity index is 3.36. The molecule has 1 aliphatic rings. The molecule has 2 atom stereocenters. The first-order valence-electron chi connectivity index (χ1n) is 5.04. The van der Waals surface area contributed by atoms with Crippen LogP contribution in [0.25, 0.3) is 0 Å². The van der Waals surface area contributed by atoms with E-state index in [0.29, 0.717) is 0 Å². The maximum absolute atomic E-state index is 7.40. The van der Waals surface area contributed by atoms with Crippen LogP contribution in [-0.4, -0.2) is 10.7 Å². The summed E-state index contributed by atoms with van der Waals surface area (Å²) in [5, 5.41) is -4.48. The summed E-state index contributed by atoms with van der Waals surface area (Å²) < 4.78 is 44.4.